The number of nitrogens with one attached hydrogen (secondary N) is 1. The topological polar surface area (TPSA) is 83.5 Å². The van der Waals surface area contributed by atoms with Crippen molar-refractivity contribution in [3.63, 3.8) is 0 Å². The van der Waals surface area contributed by atoms with E-state index < -0.39 is 0 Å². The summed E-state index contributed by atoms with van der Waals surface area (Å²) in [6, 6.07) is 2.09. The lowest BCUT2D eigenvalue weighted by molar-refractivity contribution is 0.683. The van der Waals surface area contributed by atoms with Crippen molar-refractivity contribution < 1.29 is 0 Å². The third-order valence-corrected chi connectivity index (χ3v) is 4.08. The van der Waals surface area contributed by atoms with Crippen molar-refractivity contribution in [3.05, 3.63) is 48.6 Å². The van der Waals surface area contributed by atoms with Crippen LogP contribution in [-0.4, -0.2) is 36.4 Å². The number of rotatable bonds is 3. The summed E-state index contributed by atoms with van der Waals surface area (Å²) in [7, 11) is 0. The zero-order valence-corrected chi connectivity index (χ0v) is 12.8. The predicted molar refractivity (Wildman–Crippen MR) is 85.7 cm³/mol. The summed E-state index contributed by atoms with van der Waals surface area (Å²) < 4.78 is 0. The van der Waals surface area contributed by atoms with Crippen molar-refractivity contribution in [2.45, 2.75) is 25.8 Å². The number of H-pyrrole nitrogens is 1. The summed E-state index contributed by atoms with van der Waals surface area (Å²) in [5.74, 6) is 1.69. The molecular weight excluding hydrogens is 290 g/mol. The monoisotopic (exact) mass is 307 g/mol. The Kier molecular flexibility index (Phi) is 3.45. The first kappa shape index (κ1) is 13.8. The lowest BCUT2D eigenvalue weighted by Gasteiger charge is -2.25. The van der Waals surface area contributed by atoms with Crippen molar-refractivity contribution in [1.82, 2.24) is 29.9 Å². The highest BCUT2D eigenvalue weighted by atomic mass is 15.2. The van der Waals surface area contributed by atoms with Crippen molar-refractivity contribution in [2.24, 2.45) is 0 Å². The van der Waals surface area contributed by atoms with Crippen LogP contribution in [0.2, 0.25) is 0 Å². The minimum Gasteiger partial charge on any atom is -0.348 e. The third-order valence-electron chi connectivity index (χ3n) is 4.08. The summed E-state index contributed by atoms with van der Waals surface area (Å²) in [5, 5.41) is 0. The van der Waals surface area contributed by atoms with Gasteiger partial charge in [0.2, 0.25) is 0 Å². The molecule has 3 aromatic heterocycles. The van der Waals surface area contributed by atoms with Gasteiger partial charge in [-0.05, 0) is 25.8 Å². The van der Waals surface area contributed by atoms with E-state index in [1.165, 1.54) is 0 Å². The second kappa shape index (κ2) is 5.75. The van der Waals surface area contributed by atoms with Crippen LogP contribution < -0.4 is 4.90 Å². The Labute approximate surface area is 133 Å². The summed E-state index contributed by atoms with van der Waals surface area (Å²) in [6.07, 6.45) is 10.7. The average Bonchev–Trinajstić information content (AvgIpc) is 3.24. The van der Waals surface area contributed by atoms with E-state index in [1.54, 1.807) is 24.9 Å². The highest BCUT2D eigenvalue weighted by Gasteiger charge is 2.31. The second-order valence-electron chi connectivity index (χ2n) is 5.62. The Balaban J connectivity index is 1.75. The maximum absolute atomic E-state index is 4.61. The van der Waals surface area contributed by atoms with Gasteiger partial charge in [0, 0.05) is 37.0 Å². The molecule has 1 saturated heterocycles. The Morgan fingerprint density at radius 2 is 2.04 bits per heavy atom. The van der Waals surface area contributed by atoms with Gasteiger partial charge in [-0.3, -0.25) is 4.98 Å². The van der Waals surface area contributed by atoms with Gasteiger partial charge in [-0.15, -0.1) is 0 Å². The van der Waals surface area contributed by atoms with E-state index >= 15 is 0 Å². The minimum atomic E-state index is 0.152. The van der Waals surface area contributed by atoms with Crippen LogP contribution in [0.3, 0.4) is 0 Å². The van der Waals surface area contributed by atoms with Crippen molar-refractivity contribution >= 4 is 5.82 Å². The van der Waals surface area contributed by atoms with Gasteiger partial charge in [0.15, 0.2) is 5.82 Å². The normalized spacial score (nSPS) is 17.6. The van der Waals surface area contributed by atoms with Crippen molar-refractivity contribution in [3.8, 4) is 11.5 Å². The lowest BCUT2D eigenvalue weighted by Crippen LogP contribution is -2.25. The molecule has 0 bridgehead atoms. The molecule has 4 rings (SSSR count). The van der Waals surface area contributed by atoms with Crippen LogP contribution in [0.5, 0.6) is 0 Å². The molecule has 116 valence electrons. The Bertz CT molecular complexity index is 799. The van der Waals surface area contributed by atoms with E-state index in [9.17, 15) is 0 Å². The van der Waals surface area contributed by atoms with Gasteiger partial charge in [0.05, 0.1) is 11.7 Å². The van der Waals surface area contributed by atoms with Crippen LogP contribution in [0.25, 0.3) is 11.5 Å². The summed E-state index contributed by atoms with van der Waals surface area (Å²) in [4.78, 5) is 27.5. The summed E-state index contributed by atoms with van der Waals surface area (Å²) >= 11 is 0. The molecule has 1 aliphatic heterocycles. The minimum absolute atomic E-state index is 0.152. The quantitative estimate of drug-likeness (QED) is 0.799. The molecule has 7 nitrogen and oxygen atoms in total. The Morgan fingerprint density at radius 3 is 2.83 bits per heavy atom. The molecular formula is C16H17N7. The first-order valence-electron chi connectivity index (χ1n) is 7.68. The number of hydrogen-bond donors (Lipinski definition) is 1. The zero-order valence-electron chi connectivity index (χ0n) is 12.8. The standard InChI is InChI=1S/C16H17N7/c1-11-9-20-16(22-11)15-14(18-6-7-19-15)12-3-2-8-23(12)13-4-5-17-10-21-13/h4-7,9-10,12H,2-3,8H2,1H3,(H,20,22)/t12-/m0/s1. The van der Waals surface area contributed by atoms with Crippen LogP contribution >= 0.6 is 0 Å². The van der Waals surface area contributed by atoms with Crippen LogP contribution in [0, 0.1) is 6.92 Å². The molecule has 23 heavy (non-hydrogen) atoms. The zero-order chi connectivity index (χ0) is 15.6. The molecule has 0 aliphatic carbocycles. The molecule has 7 heteroatoms. The largest absolute Gasteiger partial charge is 0.348 e. The van der Waals surface area contributed by atoms with Gasteiger partial charge in [-0.2, -0.15) is 0 Å². The van der Waals surface area contributed by atoms with Gasteiger partial charge in [-0.25, -0.2) is 19.9 Å². The maximum Gasteiger partial charge on any atom is 0.158 e. The van der Waals surface area contributed by atoms with E-state index in [1.807, 2.05) is 19.2 Å². The molecule has 0 radical (unpaired) electrons. The molecule has 1 N–H and O–H groups in total. The number of imidazole rings is 1. The third kappa shape index (κ3) is 2.54. The predicted octanol–water partition coefficient (Wildman–Crippen LogP) is 2.31. The van der Waals surface area contributed by atoms with Gasteiger partial charge in [0.25, 0.3) is 0 Å². The molecule has 0 aromatic carbocycles. The molecule has 1 aliphatic rings. The molecule has 0 unspecified atom stereocenters. The summed E-state index contributed by atoms with van der Waals surface area (Å²) in [5.41, 5.74) is 2.76. The molecule has 1 fully saturated rings. The number of nitrogens with zero attached hydrogens (tertiary/aromatic N) is 6. The molecule has 4 heterocycles. The van der Waals surface area contributed by atoms with E-state index in [0.29, 0.717) is 0 Å². The van der Waals surface area contributed by atoms with Crippen LogP contribution in [-0.2, 0) is 0 Å². The summed E-state index contributed by atoms with van der Waals surface area (Å²) in [6.45, 7) is 2.93. The Morgan fingerprint density at radius 1 is 1.13 bits per heavy atom. The fourth-order valence-corrected chi connectivity index (χ4v) is 3.09. The van der Waals surface area contributed by atoms with Crippen molar-refractivity contribution in [1.29, 1.82) is 0 Å². The number of anilines is 1. The lowest BCUT2D eigenvalue weighted by atomic mass is 10.1. The highest BCUT2D eigenvalue weighted by Crippen LogP contribution is 2.36. The van der Waals surface area contributed by atoms with Gasteiger partial charge in [-0.1, -0.05) is 0 Å². The molecule has 0 spiro atoms. The van der Waals surface area contributed by atoms with E-state index in [0.717, 1.165) is 48.1 Å². The van der Waals surface area contributed by atoms with Crippen LogP contribution in [0.1, 0.15) is 30.3 Å². The molecule has 3 aromatic rings. The first-order chi connectivity index (χ1) is 11.3. The smallest absolute Gasteiger partial charge is 0.158 e. The highest BCUT2D eigenvalue weighted by molar-refractivity contribution is 5.56. The fourth-order valence-electron chi connectivity index (χ4n) is 3.09. The van der Waals surface area contributed by atoms with E-state index in [-0.39, 0.29) is 6.04 Å². The second-order valence-corrected chi connectivity index (χ2v) is 5.62. The van der Waals surface area contributed by atoms with Crippen LogP contribution in [0.15, 0.2) is 37.2 Å². The molecule has 0 saturated carbocycles. The fraction of sp³-hybridized carbons (Fsp3) is 0.312. The van der Waals surface area contributed by atoms with Gasteiger partial charge >= 0.3 is 0 Å². The molecule has 0 amide bonds. The van der Waals surface area contributed by atoms with Crippen molar-refractivity contribution in [2.75, 3.05) is 11.4 Å². The average molecular weight is 307 g/mol. The number of aromatic amines is 1. The van der Waals surface area contributed by atoms with Gasteiger partial charge < -0.3 is 9.88 Å². The number of aromatic nitrogens is 6. The van der Waals surface area contributed by atoms with Gasteiger partial charge in [0.1, 0.15) is 17.8 Å². The number of hydrogen-bond acceptors (Lipinski definition) is 6. The van der Waals surface area contributed by atoms with Crippen LogP contribution in [0.4, 0.5) is 5.82 Å². The SMILES string of the molecule is Cc1cnc(-c2nccnc2[C@@H]2CCCN2c2ccncn2)[nH]1. The maximum atomic E-state index is 4.61. The first-order valence-corrected chi connectivity index (χ1v) is 7.68. The van der Waals surface area contributed by atoms with E-state index in [4.69, 9.17) is 0 Å². The molecule has 1 atom stereocenters. The van der Waals surface area contributed by atoms with E-state index in [2.05, 4.69) is 34.8 Å². The Hall–Kier alpha value is -2.83. The number of aryl methyl sites for hydroxylation is 1.